The molecule has 1 aromatic rings. The Morgan fingerprint density at radius 2 is 1.86 bits per heavy atom. The Hall–Kier alpha value is -1.54. The summed E-state index contributed by atoms with van der Waals surface area (Å²) < 4.78 is 29.5. The van der Waals surface area contributed by atoms with Gasteiger partial charge in [-0.15, -0.1) is 0 Å². The van der Waals surface area contributed by atoms with Gasteiger partial charge < -0.3 is 4.74 Å². The van der Waals surface area contributed by atoms with Crippen LogP contribution in [0.15, 0.2) is 24.3 Å². The molecule has 0 bridgehead atoms. The van der Waals surface area contributed by atoms with Gasteiger partial charge in [-0.2, -0.15) is 5.26 Å². The highest BCUT2D eigenvalue weighted by atomic mass is 32.2. The van der Waals surface area contributed by atoms with Crippen LogP contribution in [0.3, 0.4) is 0 Å². The largest absolute Gasteiger partial charge is 0.493 e. The molecule has 5 heteroatoms. The van der Waals surface area contributed by atoms with E-state index in [1.807, 2.05) is 12.1 Å². The van der Waals surface area contributed by atoms with Crippen LogP contribution in [0.25, 0.3) is 0 Å². The number of benzene rings is 1. The predicted molar refractivity (Wildman–Crippen MR) is 81.9 cm³/mol. The molecule has 1 aromatic carbocycles. The van der Waals surface area contributed by atoms with Crippen molar-refractivity contribution in [2.45, 2.75) is 32.1 Å². The van der Waals surface area contributed by atoms with Crippen molar-refractivity contribution in [1.82, 2.24) is 0 Å². The maximum Gasteiger partial charge on any atom is 0.153 e. The minimum absolute atomic E-state index is 0.0729. The molecule has 0 radical (unpaired) electrons. The topological polar surface area (TPSA) is 67.2 Å². The predicted octanol–water partition coefficient (Wildman–Crippen LogP) is 2.74. The number of nitriles is 1. The minimum Gasteiger partial charge on any atom is -0.493 e. The second-order valence-corrected chi connectivity index (χ2v) is 7.82. The van der Waals surface area contributed by atoms with Crippen LogP contribution in [0.5, 0.6) is 5.75 Å². The highest BCUT2D eigenvalue weighted by molar-refractivity contribution is 7.91. The molecule has 0 heterocycles. The summed E-state index contributed by atoms with van der Waals surface area (Å²) in [6.45, 7) is 0.187. The summed E-state index contributed by atoms with van der Waals surface area (Å²) in [7, 11) is -3.02. The van der Waals surface area contributed by atoms with Gasteiger partial charge in [0.1, 0.15) is 12.4 Å². The molecule has 1 aliphatic rings. The lowest BCUT2D eigenvalue weighted by atomic mass is 10.1. The first-order chi connectivity index (χ1) is 10.1. The first-order valence-corrected chi connectivity index (χ1v) is 9.20. The van der Waals surface area contributed by atoms with Crippen LogP contribution in [0, 0.1) is 17.2 Å². The van der Waals surface area contributed by atoms with Gasteiger partial charge in [-0.25, -0.2) is 8.42 Å². The van der Waals surface area contributed by atoms with Crippen molar-refractivity contribution in [3.63, 3.8) is 0 Å². The number of hydrogen-bond donors (Lipinski definition) is 0. The lowest BCUT2D eigenvalue weighted by Gasteiger charge is -2.11. The fraction of sp³-hybridized carbons (Fsp3) is 0.562. The van der Waals surface area contributed by atoms with Crippen molar-refractivity contribution >= 4 is 9.84 Å². The van der Waals surface area contributed by atoms with Gasteiger partial charge in [-0.1, -0.05) is 25.0 Å². The zero-order valence-corrected chi connectivity index (χ0v) is 12.9. The van der Waals surface area contributed by atoms with Gasteiger partial charge in [-0.05, 0) is 36.5 Å². The first-order valence-electron chi connectivity index (χ1n) is 7.38. The molecule has 0 N–H and O–H groups in total. The van der Waals surface area contributed by atoms with E-state index in [1.54, 1.807) is 12.1 Å². The van der Waals surface area contributed by atoms with Crippen molar-refractivity contribution in [2.24, 2.45) is 5.92 Å². The van der Waals surface area contributed by atoms with E-state index in [9.17, 15) is 8.42 Å². The number of ether oxygens (including phenoxy) is 1. The summed E-state index contributed by atoms with van der Waals surface area (Å²) in [6, 6.07) is 9.28. The summed E-state index contributed by atoms with van der Waals surface area (Å²) in [4.78, 5) is 0. The van der Waals surface area contributed by atoms with Gasteiger partial charge in [0.25, 0.3) is 0 Å². The summed E-state index contributed by atoms with van der Waals surface area (Å²) in [5, 5.41) is 8.59. The van der Waals surface area contributed by atoms with Crippen LogP contribution in [0.4, 0.5) is 0 Å². The number of sulfone groups is 1. The first kappa shape index (κ1) is 15.8. The van der Waals surface area contributed by atoms with Crippen molar-refractivity contribution < 1.29 is 13.2 Å². The highest BCUT2D eigenvalue weighted by Gasteiger charge is 2.22. The lowest BCUT2D eigenvalue weighted by molar-refractivity contribution is 0.340. The average Bonchev–Trinajstić information content (AvgIpc) is 2.93. The lowest BCUT2D eigenvalue weighted by Crippen LogP contribution is -2.21. The quantitative estimate of drug-likeness (QED) is 0.777. The third kappa shape index (κ3) is 5.39. The number of rotatable bonds is 7. The number of nitrogens with zero attached hydrogens (tertiary/aromatic N) is 1. The fourth-order valence-corrected chi connectivity index (χ4v) is 4.26. The van der Waals surface area contributed by atoms with Gasteiger partial charge in [0.2, 0.25) is 0 Å². The van der Waals surface area contributed by atoms with Gasteiger partial charge >= 0.3 is 0 Å². The van der Waals surface area contributed by atoms with E-state index >= 15 is 0 Å². The smallest absolute Gasteiger partial charge is 0.153 e. The Bertz CT molecular complexity index is 581. The van der Waals surface area contributed by atoms with Crippen molar-refractivity contribution in [1.29, 1.82) is 5.26 Å². The molecule has 0 spiro atoms. The van der Waals surface area contributed by atoms with E-state index in [-0.39, 0.29) is 12.4 Å². The molecule has 1 aliphatic carbocycles. The van der Waals surface area contributed by atoms with Gasteiger partial charge in [-0.3, -0.25) is 0 Å². The van der Waals surface area contributed by atoms with Crippen molar-refractivity contribution in [2.75, 3.05) is 18.1 Å². The maximum atomic E-state index is 12.0. The van der Waals surface area contributed by atoms with Crippen molar-refractivity contribution in [3.05, 3.63) is 29.8 Å². The summed E-state index contributed by atoms with van der Waals surface area (Å²) in [5.74, 6) is 1.37. The Kier molecular flexibility index (Phi) is 5.63. The van der Waals surface area contributed by atoms with Crippen LogP contribution in [-0.4, -0.2) is 26.5 Å². The van der Waals surface area contributed by atoms with E-state index in [0.717, 1.165) is 31.2 Å². The summed E-state index contributed by atoms with van der Waals surface area (Å²) in [5.41, 5.74) is 0.929. The van der Waals surface area contributed by atoms with Gasteiger partial charge in [0.15, 0.2) is 9.84 Å². The van der Waals surface area contributed by atoms with Crippen LogP contribution in [0.1, 0.15) is 31.2 Å². The van der Waals surface area contributed by atoms with Crippen LogP contribution < -0.4 is 4.74 Å². The van der Waals surface area contributed by atoms with E-state index in [1.165, 1.54) is 0 Å². The molecule has 114 valence electrons. The Balaban J connectivity index is 1.76. The SMILES string of the molecule is N#CCc1ccc(OCCS(=O)(=O)CC2CCCC2)cc1. The Morgan fingerprint density at radius 3 is 2.48 bits per heavy atom. The molecule has 0 aliphatic heterocycles. The number of hydrogen-bond acceptors (Lipinski definition) is 4. The monoisotopic (exact) mass is 307 g/mol. The maximum absolute atomic E-state index is 12.0. The minimum atomic E-state index is -3.02. The average molecular weight is 307 g/mol. The summed E-state index contributed by atoms with van der Waals surface area (Å²) >= 11 is 0. The van der Waals surface area contributed by atoms with E-state index in [4.69, 9.17) is 10.00 Å². The molecule has 0 saturated heterocycles. The molecular weight excluding hydrogens is 286 g/mol. The third-order valence-electron chi connectivity index (χ3n) is 3.83. The van der Waals surface area contributed by atoms with Crippen LogP contribution in [-0.2, 0) is 16.3 Å². The second kappa shape index (κ2) is 7.46. The van der Waals surface area contributed by atoms with E-state index < -0.39 is 9.84 Å². The molecule has 0 unspecified atom stereocenters. The van der Waals surface area contributed by atoms with Gasteiger partial charge in [0, 0.05) is 0 Å². The molecule has 4 nitrogen and oxygen atoms in total. The standard InChI is InChI=1S/C16H21NO3S/c17-10-9-14-5-7-16(8-6-14)20-11-12-21(18,19)13-15-3-1-2-4-15/h5-8,15H,1-4,9,11-13H2. The summed E-state index contributed by atoms with van der Waals surface area (Å²) in [6.07, 6.45) is 4.77. The molecule has 1 fully saturated rings. The molecular formula is C16H21NO3S. The Labute approximate surface area is 126 Å². The fourth-order valence-electron chi connectivity index (χ4n) is 2.70. The van der Waals surface area contributed by atoms with E-state index in [2.05, 4.69) is 6.07 Å². The second-order valence-electron chi connectivity index (χ2n) is 5.59. The van der Waals surface area contributed by atoms with E-state index in [0.29, 0.717) is 23.8 Å². The van der Waals surface area contributed by atoms with Crippen LogP contribution in [0.2, 0.25) is 0 Å². The molecule has 0 atom stereocenters. The molecule has 0 amide bonds. The molecule has 2 rings (SSSR count). The van der Waals surface area contributed by atoms with Crippen molar-refractivity contribution in [3.8, 4) is 11.8 Å². The van der Waals surface area contributed by atoms with Gasteiger partial charge in [0.05, 0.1) is 24.0 Å². The van der Waals surface area contributed by atoms with Crippen LogP contribution >= 0.6 is 0 Å². The molecule has 1 saturated carbocycles. The zero-order valence-electron chi connectivity index (χ0n) is 12.1. The highest BCUT2D eigenvalue weighted by Crippen LogP contribution is 2.26. The normalized spacial score (nSPS) is 15.8. The molecule has 0 aromatic heterocycles. The molecule has 21 heavy (non-hydrogen) atoms. The zero-order chi connectivity index (χ0) is 15.1. The third-order valence-corrected chi connectivity index (χ3v) is 5.60. The Morgan fingerprint density at radius 1 is 1.19 bits per heavy atom.